The van der Waals surface area contributed by atoms with Crippen molar-refractivity contribution in [1.82, 2.24) is 35.3 Å². The van der Waals surface area contributed by atoms with Gasteiger partial charge in [-0.3, -0.25) is 4.98 Å². The standard InChI is InChI=1S/C20H24N6.C9H13N.Pt/c1-19(2,3)15-11-14(23-24-15)18-21-10-8-13(22-18)16-12-7-6-9-20(4,5)17(12)26-25-16;1-9(2,3)8-4-6-10-7-5-8;/h8,10-11H,6-7,9H2,1-5H3;4-7H,1-3H3;/q-2;;+2. The Balaban J connectivity index is 0.000000293. The maximum atomic E-state index is 4.72. The Morgan fingerprint density at radius 2 is 1.57 bits per heavy atom. The molecule has 7 nitrogen and oxygen atoms in total. The number of aromatic nitrogens is 7. The summed E-state index contributed by atoms with van der Waals surface area (Å²) in [7, 11) is 0. The van der Waals surface area contributed by atoms with E-state index in [1.807, 2.05) is 24.5 Å². The molecule has 0 aromatic carbocycles. The molecule has 0 bridgehead atoms. The van der Waals surface area contributed by atoms with Crippen LogP contribution in [0.1, 0.15) is 90.7 Å². The van der Waals surface area contributed by atoms with E-state index in [1.165, 1.54) is 11.1 Å². The minimum atomic E-state index is -0.0509. The van der Waals surface area contributed by atoms with Crippen molar-refractivity contribution in [2.75, 3.05) is 0 Å². The molecule has 0 fully saturated rings. The van der Waals surface area contributed by atoms with Crippen molar-refractivity contribution >= 4 is 0 Å². The second-order valence-electron chi connectivity index (χ2n) is 12.2. The van der Waals surface area contributed by atoms with Gasteiger partial charge in [0.1, 0.15) is 5.82 Å². The van der Waals surface area contributed by atoms with Crippen LogP contribution in [0.2, 0.25) is 0 Å². The molecule has 8 heteroatoms. The second-order valence-corrected chi connectivity index (χ2v) is 12.2. The summed E-state index contributed by atoms with van der Waals surface area (Å²) >= 11 is 0. The third-order valence-electron chi connectivity index (χ3n) is 6.67. The minimum Gasteiger partial charge on any atom is -0.573 e. The summed E-state index contributed by atoms with van der Waals surface area (Å²) in [6.07, 6.45) is 8.73. The first-order chi connectivity index (χ1) is 16.9. The van der Waals surface area contributed by atoms with E-state index in [4.69, 9.17) is 4.98 Å². The first kappa shape index (κ1) is 28.9. The zero-order chi connectivity index (χ0) is 26.1. The van der Waals surface area contributed by atoms with Crippen LogP contribution in [-0.2, 0) is 43.7 Å². The molecule has 0 radical (unpaired) electrons. The van der Waals surface area contributed by atoms with Crippen LogP contribution in [0.5, 0.6) is 0 Å². The van der Waals surface area contributed by atoms with E-state index in [-0.39, 0.29) is 37.3 Å². The zero-order valence-electron chi connectivity index (χ0n) is 23.1. The molecule has 0 saturated carbocycles. The fraction of sp³-hybridized carbons (Fsp3) is 0.483. The molecule has 4 aromatic rings. The van der Waals surface area contributed by atoms with Gasteiger partial charge in [0.25, 0.3) is 0 Å². The van der Waals surface area contributed by atoms with E-state index in [1.54, 1.807) is 6.20 Å². The number of fused-ring (bicyclic) bond motifs is 1. The van der Waals surface area contributed by atoms with Crippen molar-refractivity contribution in [3.05, 3.63) is 65.4 Å². The van der Waals surface area contributed by atoms with Gasteiger partial charge in [-0.1, -0.05) is 72.8 Å². The molecule has 0 spiro atoms. The molecular weight excluding hydrogens is 641 g/mol. The Kier molecular flexibility index (Phi) is 8.58. The molecule has 1 aliphatic carbocycles. The smallest absolute Gasteiger partial charge is 0.573 e. The monoisotopic (exact) mass is 678 g/mol. The second kappa shape index (κ2) is 11.0. The summed E-state index contributed by atoms with van der Waals surface area (Å²) in [5.74, 6) is 0.581. The normalized spacial score (nSPS) is 14.7. The molecule has 37 heavy (non-hydrogen) atoms. The van der Waals surface area contributed by atoms with E-state index in [2.05, 4.69) is 97.9 Å². The molecule has 0 aliphatic heterocycles. The predicted molar refractivity (Wildman–Crippen MR) is 143 cm³/mol. The van der Waals surface area contributed by atoms with Crippen LogP contribution in [0, 0.1) is 0 Å². The number of hydrogen-bond acceptors (Lipinski definition) is 5. The molecule has 0 N–H and O–H groups in total. The molecule has 5 rings (SSSR count). The fourth-order valence-corrected chi connectivity index (χ4v) is 4.38. The van der Waals surface area contributed by atoms with E-state index < -0.39 is 0 Å². The van der Waals surface area contributed by atoms with Crippen LogP contribution in [-0.4, -0.2) is 25.1 Å². The van der Waals surface area contributed by atoms with Gasteiger partial charge < -0.3 is 20.4 Å². The average molecular weight is 679 g/mol. The summed E-state index contributed by atoms with van der Waals surface area (Å²) in [6, 6.07) is 7.98. The number of nitrogens with zero attached hydrogens (tertiary/aromatic N) is 7. The Labute approximate surface area is 235 Å². The van der Waals surface area contributed by atoms with Crippen molar-refractivity contribution < 1.29 is 21.1 Å². The quantitative estimate of drug-likeness (QED) is 0.265. The van der Waals surface area contributed by atoms with Crippen LogP contribution in [0.4, 0.5) is 0 Å². The molecule has 4 heterocycles. The first-order valence-electron chi connectivity index (χ1n) is 12.6. The fourth-order valence-electron chi connectivity index (χ4n) is 4.38. The Morgan fingerprint density at radius 1 is 0.865 bits per heavy atom. The number of hydrogen-bond donors (Lipinski definition) is 0. The summed E-state index contributed by atoms with van der Waals surface area (Å²) in [4.78, 5) is 13.1. The number of rotatable bonds is 2. The van der Waals surface area contributed by atoms with Crippen LogP contribution in [0.3, 0.4) is 0 Å². The Bertz CT molecular complexity index is 1310. The first-order valence-corrected chi connectivity index (χ1v) is 12.6. The third kappa shape index (κ3) is 6.62. The van der Waals surface area contributed by atoms with Gasteiger partial charge in [0.15, 0.2) is 0 Å². The van der Waals surface area contributed by atoms with E-state index in [0.29, 0.717) is 11.5 Å². The summed E-state index contributed by atoms with van der Waals surface area (Å²) in [6.45, 7) is 17.4. The van der Waals surface area contributed by atoms with E-state index >= 15 is 0 Å². The van der Waals surface area contributed by atoms with Gasteiger partial charge in [-0.2, -0.15) is 0 Å². The molecule has 4 aromatic heterocycles. The van der Waals surface area contributed by atoms with E-state index in [9.17, 15) is 0 Å². The van der Waals surface area contributed by atoms with Crippen LogP contribution in [0.25, 0.3) is 22.9 Å². The van der Waals surface area contributed by atoms with Gasteiger partial charge in [0.05, 0.1) is 5.69 Å². The van der Waals surface area contributed by atoms with Crippen molar-refractivity contribution in [1.29, 1.82) is 0 Å². The van der Waals surface area contributed by atoms with Gasteiger partial charge in [0.2, 0.25) is 0 Å². The van der Waals surface area contributed by atoms with Crippen molar-refractivity contribution in [2.45, 2.75) is 90.9 Å². The maximum absolute atomic E-state index is 4.72. The van der Waals surface area contributed by atoms with Gasteiger partial charge in [0, 0.05) is 40.8 Å². The number of pyridine rings is 1. The summed E-state index contributed by atoms with van der Waals surface area (Å²) < 4.78 is 0. The third-order valence-corrected chi connectivity index (χ3v) is 6.67. The topological polar surface area (TPSA) is 92.7 Å². The van der Waals surface area contributed by atoms with Crippen LogP contribution in [0.15, 0.2) is 42.9 Å². The van der Waals surface area contributed by atoms with Crippen molar-refractivity contribution in [2.24, 2.45) is 0 Å². The molecule has 0 amide bonds. The predicted octanol–water partition coefficient (Wildman–Crippen LogP) is 5.80. The van der Waals surface area contributed by atoms with Gasteiger partial charge in [-0.15, -0.1) is 0 Å². The van der Waals surface area contributed by atoms with Gasteiger partial charge in [-0.25, -0.2) is 9.97 Å². The summed E-state index contributed by atoms with van der Waals surface area (Å²) in [5, 5.41) is 17.5. The maximum Gasteiger partial charge on any atom is 2.00 e. The summed E-state index contributed by atoms with van der Waals surface area (Å²) in [5.41, 5.74) is 7.29. The molecule has 0 unspecified atom stereocenters. The minimum absolute atomic E-state index is 0. The average Bonchev–Trinajstić information content (AvgIpc) is 3.48. The van der Waals surface area contributed by atoms with Crippen LogP contribution < -0.4 is 10.2 Å². The van der Waals surface area contributed by atoms with Crippen molar-refractivity contribution in [3.63, 3.8) is 0 Å². The molecule has 198 valence electrons. The van der Waals surface area contributed by atoms with Crippen molar-refractivity contribution in [3.8, 4) is 22.9 Å². The zero-order valence-corrected chi connectivity index (χ0v) is 25.4. The van der Waals surface area contributed by atoms with Gasteiger partial charge in [-0.05, 0) is 54.0 Å². The van der Waals surface area contributed by atoms with Crippen LogP contribution >= 0.6 is 0 Å². The van der Waals surface area contributed by atoms with Gasteiger partial charge >= 0.3 is 21.1 Å². The Morgan fingerprint density at radius 3 is 2.16 bits per heavy atom. The molecule has 0 saturated heterocycles. The van der Waals surface area contributed by atoms with E-state index in [0.717, 1.165) is 42.0 Å². The largest absolute Gasteiger partial charge is 2.00 e. The SMILES string of the molecule is CC(C)(C)c1cc(-c2nccc(-c3[n-]nc4c3CCCC4(C)C)n2)[n-]n1.CC(C)(C)c1ccncc1.[Pt+2]. The Hall–Kier alpha value is -2.66. The molecular formula is C29H37N7Pt. The molecule has 0 atom stereocenters. The molecule has 1 aliphatic rings.